The maximum atomic E-state index is 14.0. The number of hydrogen-bond donors (Lipinski definition) is 2. The highest BCUT2D eigenvalue weighted by molar-refractivity contribution is 5.94. The first kappa shape index (κ1) is 18.2. The molecule has 2 aromatic rings. The van der Waals surface area contributed by atoms with Crippen molar-refractivity contribution in [2.24, 2.45) is 0 Å². The van der Waals surface area contributed by atoms with Gasteiger partial charge in [0, 0.05) is 31.9 Å². The first-order valence-electron chi connectivity index (χ1n) is 9.17. The summed E-state index contributed by atoms with van der Waals surface area (Å²) in [4.78, 5) is 18.3. The summed E-state index contributed by atoms with van der Waals surface area (Å²) in [7, 11) is 0. The highest BCUT2D eigenvalue weighted by atomic mass is 19.1. The highest BCUT2D eigenvalue weighted by Crippen LogP contribution is 2.24. The molecular formula is C20H25FN4O. The Morgan fingerprint density at radius 3 is 2.88 bits per heavy atom. The molecule has 1 aliphatic heterocycles. The van der Waals surface area contributed by atoms with Gasteiger partial charge in [-0.05, 0) is 43.5 Å². The number of piperidine rings is 1. The molecule has 0 spiro atoms. The Hall–Kier alpha value is -2.63. The van der Waals surface area contributed by atoms with Crippen LogP contribution in [0.3, 0.4) is 0 Å². The van der Waals surface area contributed by atoms with Gasteiger partial charge in [-0.25, -0.2) is 9.37 Å². The minimum Gasteiger partial charge on any atom is -0.367 e. The fraction of sp³-hybridized carbons (Fsp3) is 0.400. The predicted octanol–water partition coefficient (Wildman–Crippen LogP) is 3.44. The van der Waals surface area contributed by atoms with Gasteiger partial charge < -0.3 is 15.5 Å². The number of benzene rings is 1. The predicted molar refractivity (Wildman–Crippen MR) is 102 cm³/mol. The maximum Gasteiger partial charge on any atom is 0.252 e. The van der Waals surface area contributed by atoms with E-state index in [9.17, 15) is 9.18 Å². The van der Waals surface area contributed by atoms with E-state index < -0.39 is 0 Å². The number of carbonyl (C=O) groups excluding carboxylic acids is 1. The molecule has 3 rings (SSSR count). The van der Waals surface area contributed by atoms with Crippen LogP contribution >= 0.6 is 0 Å². The fourth-order valence-electron chi connectivity index (χ4n) is 3.19. The molecule has 138 valence electrons. The summed E-state index contributed by atoms with van der Waals surface area (Å²) < 4.78 is 14.0. The second-order valence-electron chi connectivity index (χ2n) is 6.57. The molecule has 0 bridgehead atoms. The Labute approximate surface area is 153 Å². The highest BCUT2D eigenvalue weighted by Gasteiger charge is 2.22. The Morgan fingerprint density at radius 1 is 1.31 bits per heavy atom. The third-order valence-corrected chi connectivity index (χ3v) is 4.53. The van der Waals surface area contributed by atoms with Crippen molar-refractivity contribution in [2.75, 3.05) is 29.9 Å². The molecule has 0 radical (unpaired) electrons. The number of para-hydroxylation sites is 1. The van der Waals surface area contributed by atoms with E-state index in [0.29, 0.717) is 17.8 Å². The Bertz CT molecular complexity index is 735. The van der Waals surface area contributed by atoms with E-state index in [-0.39, 0.29) is 17.8 Å². The number of nitrogens with one attached hydrogen (secondary N) is 2. The van der Waals surface area contributed by atoms with Gasteiger partial charge in [-0.2, -0.15) is 0 Å². The van der Waals surface area contributed by atoms with Crippen LogP contribution in [0.25, 0.3) is 0 Å². The Kier molecular flexibility index (Phi) is 6.04. The molecule has 1 unspecified atom stereocenters. The number of carbonyl (C=O) groups is 1. The number of halogens is 1. The molecule has 6 heteroatoms. The van der Waals surface area contributed by atoms with E-state index in [0.717, 1.165) is 38.2 Å². The van der Waals surface area contributed by atoms with Gasteiger partial charge in [0.1, 0.15) is 11.6 Å². The Balaban J connectivity index is 1.60. The minimum absolute atomic E-state index is 0.103. The second kappa shape index (κ2) is 8.65. The van der Waals surface area contributed by atoms with Crippen molar-refractivity contribution in [3.05, 3.63) is 54.0 Å². The quantitative estimate of drug-likeness (QED) is 0.832. The zero-order chi connectivity index (χ0) is 18.4. The van der Waals surface area contributed by atoms with E-state index in [1.807, 2.05) is 25.1 Å². The van der Waals surface area contributed by atoms with Crippen molar-refractivity contribution in [1.29, 1.82) is 0 Å². The first-order chi connectivity index (χ1) is 12.7. The molecule has 2 heterocycles. The van der Waals surface area contributed by atoms with Gasteiger partial charge in [0.25, 0.3) is 5.91 Å². The van der Waals surface area contributed by atoms with Crippen molar-refractivity contribution in [3.8, 4) is 0 Å². The lowest BCUT2D eigenvalue weighted by Gasteiger charge is -2.35. The number of nitrogens with zero attached hydrogens (tertiary/aromatic N) is 2. The standard InChI is InChI=1S/C20H25FN4O/c1-2-11-22-20(26)15-9-10-19(23-13-15)24-16-6-5-12-25(14-16)18-8-4-3-7-17(18)21/h3-4,7-10,13,16H,2,5-6,11-12,14H2,1H3,(H,22,26)(H,23,24). The van der Waals surface area contributed by atoms with E-state index in [4.69, 9.17) is 0 Å². The van der Waals surface area contributed by atoms with Crippen molar-refractivity contribution >= 4 is 17.4 Å². The third kappa shape index (κ3) is 4.50. The van der Waals surface area contributed by atoms with Crippen LogP contribution in [0.1, 0.15) is 36.5 Å². The average Bonchev–Trinajstić information content (AvgIpc) is 2.67. The largest absolute Gasteiger partial charge is 0.367 e. The summed E-state index contributed by atoms with van der Waals surface area (Å²) in [6.07, 6.45) is 4.48. The monoisotopic (exact) mass is 356 g/mol. The summed E-state index contributed by atoms with van der Waals surface area (Å²) in [5, 5.41) is 6.24. The zero-order valence-corrected chi connectivity index (χ0v) is 15.0. The number of aromatic nitrogens is 1. The summed E-state index contributed by atoms with van der Waals surface area (Å²) in [5.74, 6) is 0.445. The second-order valence-corrected chi connectivity index (χ2v) is 6.57. The molecule has 26 heavy (non-hydrogen) atoms. The minimum atomic E-state index is -0.186. The lowest BCUT2D eigenvalue weighted by Crippen LogP contribution is -2.42. The summed E-state index contributed by atoms with van der Waals surface area (Å²) in [6, 6.07) is 10.7. The van der Waals surface area contributed by atoms with Crippen LogP contribution in [0.2, 0.25) is 0 Å². The van der Waals surface area contributed by atoms with Crippen LogP contribution in [0.4, 0.5) is 15.9 Å². The third-order valence-electron chi connectivity index (χ3n) is 4.53. The van der Waals surface area contributed by atoms with E-state index in [1.54, 1.807) is 18.3 Å². The Morgan fingerprint density at radius 2 is 2.15 bits per heavy atom. The molecule has 0 saturated carbocycles. The SMILES string of the molecule is CCCNC(=O)c1ccc(NC2CCCN(c3ccccc3F)C2)nc1. The molecule has 1 saturated heterocycles. The van der Waals surface area contributed by atoms with Gasteiger partial charge in [0.05, 0.1) is 11.3 Å². The number of rotatable bonds is 6. The van der Waals surface area contributed by atoms with E-state index in [2.05, 4.69) is 20.5 Å². The van der Waals surface area contributed by atoms with E-state index in [1.165, 1.54) is 6.07 Å². The van der Waals surface area contributed by atoms with Crippen molar-refractivity contribution in [1.82, 2.24) is 10.3 Å². The van der Waals surface area contributed by atoms with Crippen LogP contribution in [-0.2, 0) is 0 Å². The fourth-order valence-corrected chi connectivity index (χ4v) is 3.19. The summed E-state index contributed by atoms with van der Waals surface area (Å²) in [5.41, 5.74) is 1.20. The van der Waals surface area contributed by atoms with Gasteiger partial charge in [0.15, 0.2) is 0 Å². The zero-order valence-electron chi connectivity index (χ0n) is 15.0. The van der Waals surface area contributed by atoms with Crippen LogP contribution in [0, 0.1) is 5.82 Å². The number of amides is 1. The molecule has 1 aliphatic rings. The number of pyridine rings is 1. The number of anilines is 2. The molecule has 2 N–H and O–H groups in total. The maximum absolute atomic E-state index is 14.0. The van der Waals surface area contributed by atoms with Crippen LogP contribution < -0.4 is 15.5 Å². The van der Waals surface area contributed by atoms with Gasteiger partial charge in [-0.1, -0.05) is 19.1 Å². The van der Waals surface area contributed by atoms with Gasteiger partial charge in [-0.3, -0.25) is 4.79 Å². The normalized spacial score (nSPS) is 17.0. The van der Waals surface area contributed by atoms with Crippen molar-refractivity contribution in [2.45, 2.75) is 32.2 Å². The first-order valence-corrected chi connectivity index (χ1v) is 9.17. The average molecular weight is 356 g/mol. The van der Waals surface area contributed by atoms with Gasteiger partial charge >= 0.3 is 0 Å². The lowest BCUT2D eigenvalue weighted by molar-refractivity contribution is 0.0953. The molecule has 1 aromatic carbocycles. The lowest BCUT2D eigenvalue weighted by atomic mass is 10.0. The molecule has 5 nitrogen and oxygen atoms in total. The van der Waals surface area contributed by atoms with Crippen LogP contribution in [0.5, 0.6) is 0 Å². The molecule has 1 atom stereocenters. The molecular weight excluding hydrogens is 331 g/mol. The van der Waals surface area contributed by atoms with Crippen molar-refractivity contribution < 1.29 is 9.18 Å². The van der Waals surface area contributed by atoms with Crippen molar-refractivity contribution in [3.63, 3.8) is 0 Å². The van der Waals surface area contributed by atoms with Crippen LogP contribution in [0.15, 0.2) is 42.6 Å². The smallest absolute Gasteiger partial charge is 0.252 e. The summed E-state index contributed by atoms with van der Waals surface area (Å²) in [6.45, 7) is 4.25. The molecule has 1 amide bonds. The van der Waals surface area contributed by atoms with Gasteiger partial charge in [-0.15, -0.1) is 0 Å². The molecule has 1 fully saturated rings. The van der Waals surface area contributed by atoms with E-state index >= 15 is 0 Å². The van der Waals surface area contributed by atoms with Crippen LogP contribution in [-0.4, -0.2) is 36.6 Å². The van der Waals surface area contributed by atoms with Gasteiger partial charge in [0.2, 0.25) is 0 Å². The summed E-state index contributed by atoms with van der Waals surface area (Å²) >= 11 is 0. The molecule has 0 aliphatic carbocycles. The molecule has 1 aromatic heterocycles. The number of hydrogen-bond acceptors (Lipinski definition) is 4. The topological polar surface area (TPSA) is 57.3 Å².